The molecule has 0 amide bonds. The number of hydrogen-bond acceptors (Lipinski definition) is 6. The summed E-state index contributed by atoms with van der Waals surface area (Å²) in [6.07, 6.45) is 1.50. The van der Waals surface area contributed by atoms with E-state index in [1.807, 2.05) is 20.8 Å². The number of nitrogens with zero attached hydrogens (tertiary/aromatic N) is 3. The smallest absolute Gasteiger partial charge is 0.222 e. The van der Waals surface area contributed by atoms with Crippen LogP contribution in [0.1, 0.15) is 31.3 Å². The number of rotatable bonds is 5. The lowest BCUT2D eigenvalue weighted by Gasteiger charge is -2.13. The molecule has 0 saturated heterocycles. The molecule has 2 aromatic carbocycles. The van der Waals surface area contributed by atoms with Crippen LogP contribution in [-0.2, 0) is 21.0 Å². The van der Waals surface area contributed by atoms with E-state index in [1.54, 1.807) is 6.07 Å². The SMILES string of the molecule is CC(C)(C)c1nc(-c2ccc(F)c(CS(=O)(=O)c3c(F)cccc3F)c2)c(-c2ccnc(Cl)n2)s1. The van der Waals surface area contributed by atoms with E-state index in [-0.39, 0.29) is 16.3 Å². The minimum atomic E-state index is -4.53. The Bertz CT molecular complexity index is 1510. The van der Waals surface area contributed by atoms with Gasteiger partial charge in [-0.25, -0.2) is 36.5 Å². The molecule has 0 radical (unpaired) electrons. The van der Waals surface area contributed by atoms with Crippen molar-refractivity contribution in [3.8, 4) is 21.8 Å². The molecule has 182 valence electrons. The van der Waals surface area contributed by atoms with Crippen LogP contribution in [-0.4, -0.2) is 23.4 Å². The highest BCUT2D eigenvalue weighted by molar-refractivity contribution is 7.90. The molecule has 0 N–H and O–H groups in total. The second-order valence-corrected chi connectivity index (χ2v) is 12.0. The van der Waals surface area contributed by atoms with Crippen molar-refractivity contribution in [2.75, 3.05) is 0 Å². The summed E-state index contributed by atoms with van der Waals surface area (Å²) in [5, 5.41) is 0.807. The van der Waals surface area contributed by atoms with Crippen molar-refractivity contribution in [1.29, 1.82) is 0 Å². The Balaban J connectivity index is 1.84. The molecule has 0 fully saturated rings. The molecule has 4 rings (SSSR count). The molecule has 0 atom stereocenters. The Morgan fingerprint density at radius 1 is 0.971 bits per heavy atom. The Kier molecular flexibility index (Phi) is 6.74. The topological polar surface area (TPSA) is 72.8 Å². The van der Waals surface area contributed by atoms with Crippen molar-refractivity contribution in [3.63, 3.8) is 0 Å². The van der Waals surface area contributed by atoms with E-state index in [2.05, 4.69) is 9.97 Å². The van der Waals surface area contributed by atoms with E-state index in [1.165, 1.54) is 29.7 Å². The fourth-order valence-electron chi connectivity index (χ4n) is 3.36. The first-order valence-electron chi connectivity index (χ1n) is 10.3. The van der Waals surface area contributed by atoms with Gasteiger partial charge in [0.15, 0.2) is 9.84 Å². The van der Waals surface area contributed by atoms with Gasteiger partial charge in [0.1, 0.15) is 22.3 Å². The lowest BCUT2D eigenvalue weighted by molar-refractivity contribution is 0.518. The third-order valence-electron chi connectivity index (χ3n) is 5.02. The van der Waals surface area contributed by atoms with Gasteiger partial charge in [-0.2, -0.15) is 0 Å². The van der Waals surface area contributed by atoms with Crippen LogP contribution in [0.5, 0.6) is 0 Å². The van der Waals surface area contributed by atoms with Gasteiger partial charge in [-0.3, -0.25) is 0 Å². The van der Waals surface area contributed by atoms with Gasteiger partial charge in [0.2, 0.25) is 5.28 Å². The van der Waals surface area contributed by atoms with E-state index in [4.69, 9.17) is 16.6 Å². The summed E-state index contributed by atoms with van der Waals surface area (Å²) in [7, 11) is -4.53. The Morgan fingerprint density at radius 2 is 1.66 bits per heavy atom. The molecule has 0 aliphatic rings. The zero-order valence-electron chi connectivity index (χ0n) is 18.8. The monoisotopic (exact) mass is 537 g/mol. The third kappa shape index (κ3) is 5.24. The third-order valence-corrected chi connectivity index (χ3v) is 8.41. The normalized spacial score (nSPS) is 12.2. The molecule has 35 heavy (non-hydrogen) atoms. The molecule has 4 aromatic rings. The standard InChI is InChI=1S/C24H19ClF3N3O2S2/c1-24(2,3)22-31-19(20(34-22)18-9-10-29-23(25)30-18)13-7-8-15(26)14(11-13)12-35(32,33)21-16(27)5-4-6-17(21)28/h4-11H,12H2,1-3H3. The zero-order valence-corrected chi connectivity index (χ0v) is 21.2. The Hall–Kier alpha value is -2.82. The van der Waals surface area contributed by atoms with Gasteiger partial charge in [-0.1, -0.05) is 26.8 Å². The first-order chi connectivity index (χ1) is 16.4. The maximum atomic E-state index is 14.7. The van der Waals surface area contributed by atoms with Crippen LogP contribution in [0.2, 0.25) is 5.28 Å². The quantitative estimate of drug-likeness (QED) is 0.268. The predicted molar refractivity (Wildman–Crippen MR) is 129 cm³/mol. The molecular weight excluding hydrogens is 519 g/mol. The van der Waals surface area contributed by atoms with Crippen molar-refractivity contribution in [2.24, 2.45) is 0 Å². The number of halogens is 4. The average molecular weight is 538 g/mol. The first-order valence-corrected chi connectivity index (χ1v) is 13.2. The molecule has 2 aromatic heterocycles. The van der Waals surface area contributed by atoms with Crippen LogP contribution < -0.4 is 0 Å². The summed E-state index contributed by atoms with van der Waals surface area (Å²) < 4.78 is 68.6. The molecule has 2 heterocycles. The molecule has 0 aliphatic carbocycles. The second kappa shape index (κ2) is 9.33. The largest absolute Gasteiger partial charge is 0.240 e. The van der Waals surface area contributed by atoms with Gasteiger partial charge in [0, 0.05) is 22.7 Å². The lowest BCUT2D eigenvalue weighted by Crippen LogP contribution is -2.11. The second-order valence-electron chi connectivity index (χ2n) is 8.77. The van der Waals surface area contributed by atoms with Crippen LogP contribution >= 0.6 is 22.9 Å². The molecule has 0 bridgehead atoms. The molecule has 0 unspecified atom stereocenters. The summed E-state index contributed by atoms with van der Waals surface area (Å²) in [6.45, 7) is 5.95. The van der Waals surface area contributed by atoms with E-state index in [9.17, 15) is 21.6 Å². The maximum Gasteiger partial charge on any atom is 0.222 e. The van der Waals surface area contributed by atoms with Crippen molar-refractivity contribution in [1.82, 2.24) is 15.0 Å². The highest BCUT2D eigenvalue weighted by Crippen LogP contribution is 2.40. The number of thiazole rings is 1. The molecule has 0 saturated carbocycles. The number of benzene rings is 2. The van der Waals surface area contributed by atoms with Crippen LogP contribution in [0, 0.1) is 17.5 Å². The number of sulfone groups is 1. The summed E-state index contributed by atoms with van der Waals surface area (Å²) in [4.78, 5) is 12.4. The van der Waals surface area contributed by atoms with Gasteiger partial charge in [-0.15, -0.1) is 11.3 Å². The molecule has 11 heteroatoms. The Labute approximate surface area is 209 Å². The summed E-state index contributed by atoms with van der Waals surface area (Å²) >= 11 is 7.35. The highest BCUT2D eigenvalue weighted by atomic mass is 35.5. The van der Waals surface area contributed by atoms with Gasteiger partial charge < -0.3 is 0 Å². The minimum absolute atomic E-state index is 0.0389. The number of hydrogen-bond donors (Lipinski definition) is 0. The van der Waals surface area contributed by atoms with E-state index < -0.39 is 37.9 Å². The van der Waals surface area contributed by atoms with Crippen molar-refractivity contribution < 1.29 is 21.6 Å². The maximum absolute atomic E-state index is 14.7. The fraction of sp³-hybridized carbons (Fsp3) is 0.208. The van der Waals surface area contributed by atoms with Crippen LogP contribution in [0.4, 0.5) is 13.2 Å². The van der Waals surface area contributed by atoms with Crippen molar-refractivity contribution in [2.45, 2.75) is 36.8 Å². The molecule has 5 nitrogen and oxygen atoms in total. The predicted octanol–water partition coefficient (Wildman–Crippen LogP) is 6.61. The lowest BCUT2D eigenvalue weighted by atomic mass is 9.98. The van der Waals surface area contributed by atoms with E-state index in [0.717, 1.165) is 29.3 Å². The number of aromatic nitrogens is 3. The van der Waals surface area contributed by atoms with E-state index >= 15 is 0 Å². The average Bonchev–Trinajstić information content (AvgIpc) is 3.21. The summed E-state index contributed by atoms with van der Waals surface area (Å²) in [5.74, 6) is -4.24. The molecule has 0 spiro atoms. The van der Waals surface area contributed by atoms with Crippen molar-refractivity contribution >= 4 is 32.8 Å². The van der Waals surface area contributed by atoms with E-state index in [0.29, 0.717) is 21.8 Å². The van der Waals surface area contributed by atoms with Crippen LogP contribution in [0.25, 0.3) is 21.8 Å². The van der Waals surface area contributed by atoms with Gasteiger partial charge in [-0.05, 0) is 48.0 Å². The zero-order chi connectivity index (χ0) is 25.5. The van der Waals surface area contributed by atoms with Gasteiger partial charge in [0.25, 0.3) is 0 Å². The van der Waals surface area contributed by atoms with Crippen molar-refractivity contribution in [3.05, 3.63) is 82.0 Å². The minimum Gasteiger partial charge on any atom is -0.240 e. The molecule has 0 aliphatic heterocycles. The first kappa shape index (κ1) is 25.3. The van der Waals surface area contributed by atoms with Gasteiger partial charge in [0.05, 0.1) is 27.0 Å². The highest BCUT2D eigenvalue weighted by Gasteiger charge is 2.27. The van der Waals surface area contributed by atoms with Crippen LogP contribution in [0.15, 0.2) is 53.6 Å². The molecular formula is C24H19ClF3N3O2S2. The summed E-state index contributed by atoms with van der Waals surface area (Å²) in [6, 6.07) is 8.27. The summed E-state index contributed by atoms with van der Waals surface area (Å²) in [5.41, 5.74) is 0.804. The fourth-order valence-corrected chi connectivity index (χ4v) is 6.13. The van der Waals surface area contributed by atoms with Crippen LogP contribution in [0.3, 0.4) is 0 Å². The van der Waals surface area contributed by atoms with Gasteiger partial charge >= 0.3 is 0 Å². The Morgan fingerprint density at radius 3 is 2.29 bits per heavy atom.